The van der Waals surface area contributed by atoms with E-state index >= 15 is 0 Å². The largest absolute Gasteiger partial charge is 0.332 e. The number of benzene rings is 1. The van der Waals surface area contributed by atoms with Crippen molar-refractivity contribution in [2.75, 3.05) is 0 Å². The number of hydrogen-bond acceptors (Lipinski definition) is 2. The van der Waals surface area contributed by atoms with E-state index in [4.69, 9.17) is 0 Å². The number of aromatic amines is 1. The van der Waals surface area contributed by atoms with Crippen LogP contribution in [0.5, 0.6) is 0 Å². The van der Waals surface area contributed by atoms with Crippen LogP contribution < -0.4 is 5.69 Å². The van der Waals surface area contributed by atoms with Crippen LogP contribution in [0.3, 0.4) is 0 Å². The molecule has 0 aliphatic rings. The SMILES string of the molecule is O=c1[nH]c2ccccc2n1-c1cccc(Br)n1. The van der Waals surface area contributed by atoms with Crippen molar-refractivity contribution in [1.29, 1.82) is 0 Å². The van der Waals surface area contributed by atoms with E-state index < -0.39 is 0 Å². The van der Waals surface area contributed by atoms with Crippen molar-refractivity contribution in [2.24, 2.45) is 0 Å². The van der Waals surface area contributed by atoms with E-state index in [9.17, 15) is 4.79 Å². The summed E-state index contributed by atoms with van der Waals surface area (Å²) in [5.74, 6) is 0.599. The summed E-state index contributed by atoms with van der Waals surface area (Å²) in [4.78, 5) is 19.0. The summed E-state index contributed by atoms with van der Waals surface area (Å²) >= 11 is 3.30. The van der Waals surface area contributed by atoms with Crippen molar-refractivity contribution < 1.29 is 0 Å². The third-order valence-electron chi connectivity index (χ3n) is 2.52. The number of pyridine rings is 1. The molecule has 17 heavy (non-hydrogen) atoms. The summed E-state index contributed by atoms with van der Waals surface area (Å²) < 4.78 is 2.26. The lowest BCUT2D eigenvalue weighted by Gasteiger charge is -2.02. The van der Waals surface area contributed by atoms with Crippen LogP contribution >= 0.6 is 15.9 Å². The van der Waals surface area contributed by atoms with E-state index in [0.29, 0.717) is 10.4 Å². The molecule has 1 N–H and O–H groups in total. The Balaban J connectivity index is 2.37. The highest BCUT2D eigenvalue weighted by molar-refractivity contribution is 9.10. The van der Waals surface area contributed by atoms with Crippen LogP contribution in [0.25, 0.3) is 16.9 Å². The summed E-state index contributed by atoms with van der Waals surface area (Å²) in [5, 5.41) is 0. The summed E-state index contributed by atoms with van der Waals surface area (Å²) in [6.45, 7) is 0. The second-order valence-electron chi connectivity index (χ2n) is 3.60. The van der Waals surface area contributed by atoms with Crippen molar-refractivity contribution in [1.82, 2.24) is 14.5 Å². The molecule has 0 fully saturated rings. The number of nitrogens with one attached hydrogen (secondary N) is 1. The van der Waals surface area contributed by atoms with E-state index in [-0.39, 0.29) is 5.69 Å². The minimum atomic E-state index is -0.184. The van der Waals surface area contributed by atoms with Crippen LogP contribution in [0.15, 0.2) is 51.9 Å². The molecule has 0 saturated heterocycles. The fraction of sp³-hybridized carbons (Fsp3) is 0. The van der Waals surface area contributed by atoms with Crippen molar-refractivity contribution in [3.8, 4) is 5.82 Å². The van der Waals surface area contributed by atoms with E-state index in [1.807, 2.05) is 36.4 Å². The van der Waals surface area contributed by atoms with Crippen molar-refractivity contribution >= 4 is 27.0 Å². The highest BCUT2D eigenvalue weighted by atomic mass is 79.9. The Hall–Kier alpha value is -1.88. The fourth-order valence-electron chi connectivity index (χ4n) is 1.80. The molecular weight excluding hydrogens is 282 g/mol. The summed E-state index contributed by atoms with van der Waals surface area (Å²) in [5.41, 5.74) is 1.44. The van der Waals surface area contributed by atoms with Crippen LogP contribution in [0.4, 0.5) is 0 Å². The average Bonchev–Trinajstić information content (AvgIpc) is 2.64. The van der Waals surface area contributed by atoms with Gasteiger partial charge in [0.15, 0.2) is 0 Å². The molecule has 0 saturated carbocycles. The molecule has 0 unspecified atom stereocenters. The second-order valence-corrected chi connectivity index (χ2v) is 4.41. The van der Waals surface area contributed by atoms with Gasteiger partial charge in [0.1, 0.15) is 10.4 Å². The van der Waals surface area contributed by atoms with Gasteiger partial charge in [-0.3, -0.25) is 0 Å². The quantitative estimate of drug-likeness (QED) is 0.700. The number of H-pyrrole nitrogens is 1. The van der Waals surface area contributed by atoms with Crippen LogP contribution in [0, 0.1) is 0 Å². The van der Waals surface area contributed by atoms with E-state index in [1.165, 1.54) is 0 Å². The van der Waals surface area contributed by atoms with Crippen LogP contribution in [-0.4, -0.2) is 14.5 Å². The van der Waals surface area contributed by atoms with E-state index in [0.717, 1.165) is 11.0 Å². The topological polar surface area (TPSA) is 50.7 Å². The first-order chi connectivity index (χ1) is 8.25. The molecule has 0 aliphatic carbocycles. The lowest BCUT2D eigenvalue weighted by molar-refractivity contribution is 0.960. The number of imidazole rings is 1. The molecule has 3 rings (SSSR count). The Morgan fingerprint density at radius 2 is 1.94 bits per heavy atom. The first kappa shape index (κ1) is 10.3. The minimum Gasteiger partial charge on any atom is -0.305 e. The monoisotopic (exact) mass is 289 g/mol. The Morgan fingerprint density at radius 1 is 1.12 bits per heavy atom. The molecule has 2 heterocycles. The van der Waals surface area contributed by atoms with Gasteiger partial charge in [0.2, 0.25) is 0 Å². The lowest BCUT2D eigenvalue weighted by Crippen LogP contribution is -2.15. The maximum atomic E-state index is 11.9. The number of rotatable bonds is 1. The molecule has 0 aliphatic heterocycles. The lowest BCUT2D eigenvalue weighted by atomic mass is 10.3. The maximum absolute atomic E-state index is 11.9. The van der Waals surface area contributed by atoms with Crippen molar-refractivity contribution in [3.05, 3.63) is 57.6 Å². The van der Waals surface area contributed by atoms with Crippen LogP contribution in [-0.2, 0) is 0 Å². The molecule has 2 aromatic heterocycles. The maximum Gasteiger partial charge on any atom is 0.332 e. The molecule has 0 bridgehead atoms. The Bertz CT molecular complexity index is 745. The van der Waals surface area contributed by atoms with Gasteiger partial charge < -0.3 is 4.98 Å². The Labute approximate surface area is 105 Å². The zero-order valence-corrected chi connectivity index (χ0v) is 10.3. The third-order valence-corrected chi connectivity index (χ3v) is 2.96. The van der Waals surface area contributed by atoms with Gasteiger partial charge in [-0.05, 0) is 40.2 Å². The van der Waals surface area contributed by atoms with Gasteiger partial charge in [-0.2, -0.15) is 0 Å². The van der Waals surface area contributed by atoms with Gasteiger partial charge in [-0.25, -0.2) is 14.3 Å². The fourth-order valence-corrected chi connectivity index (χ4v) is 2.14. The van der Waals surface area contributed by atoms with Crippen molar-refractivity contribution in [2.45, 2.75) is 0 Å². The Kier molecular flexibility index (Phi) is 2.33. The molecule has 0 radical (unpaired) electrons. The van der Waals surface area contributed by atoms with Crippen LogP contribution in [0.1, 0.15) is 0 Å². The van der Waals surface area contributed by atoms with Gasteiger partial charge in [0, 0.05) is 0 Å². The van der Waals surface area contributed by atoms with E-state index in [1.54, 1.807) is 10.6 Å². The molecule has 5 heteroatoms. The number of aromatic nitrogens is 3. The zero-order valence-electron chi connectivity index (χ0n) is 8.72. The molecule has 4 nitrogen and oxygen atoms in total. The smallest absolute Gasteiger partial charge is 0.305 e. The summed E-state index contributed by atoms with van der Waals surface area (Å²) in [7, 11) is 0. The molecule has 0 amide bonds. The number of nitrogens with zero attached hydrogens (tertiary/aromatic N) is 2. The molecular formula is C12H8BrN3O. The van der Waals surface area contributed by atoms with Crippen molar-refractivity contribution in [3.63, 3.8) is 0 Å². The first-order valence-electron chi connectivity index (χ1n) is 5.08. The van der Waals surface area contributed by atoms with Gasteiger partial charge in [0.25, 0.3) is 0 Å². The summed E-state index contributed by atoms with van der Waals surface area (Å²) in [6, 6.07) is 13.0. The predicted octanol–water partition coefficient (Wildman–Crippen LogP) is 2.48. The van der Waals surface area contributed by atoms with Crippen LogP contribution in [0.2, 0.25) is 0 Å². The predicted molar refractivity (Wildman–Crippen MR) is 69.4 cm³/mol. The highest BCUT2D eigenvalue weighted by Crippen LogP contribution is 2.15. The molecule has 1 aromatic carbocycles. The standard InChI is InChI=1S/C12H8BrN3O/c13-10-6-3-7-11(15-10)16-9-5-2-1-4-8(9)14-12(16)17/h1-7H,(H,14,17). The third kappa shape index (κ3) is 1.68. The second kappa shape index (κ2) is 3.85. The highest BCUT2D eigenvalue weighted by Gasteiger charge is 2.08. The molecule has 0 atom stereocenters. The number of hydrogen-bond donors (Lipinski definition) is 1. The van der Waals surface area contributed by atoms with Gasteiger partial charge in [-0.1, -0.05) is 18.2 Å². The van der Waals surface area contributed by atoms with E-state index in [2.05, 4.69) is 25.9 Å². The number of halogens is 1. The minimum absolute atomic E-state index is 0.184. The molecule has 3 aromatic rings. The first-order valence-corrected chi connectivity index (χ1v) is 5.88. The average molecular weight is 290 g/mol. The normalized spacial score (nSPS) is 10.9. The summed E-state index contributed by atoms with van der Waals surface area (Å²) in [6.07, 6.45) is 0. The van der Waals surface area contributed by atoms with Gasteiger partial charge >= 0.3 is 5.69 Å². The molecule has 84 valence electrons. The van der Waals surface area contributed by atoms with Gasteiger partial charge in [-0.15, -0.1) is 0 Å². The number of para-hydroxylation sites is 2. The zero-order chi connectivity index (χ0) is 11.8. The number of fused-ring (bicyclic) bond motifs is 1. The molecule has 0 spiro atoms. The van der Waals surface area contributed by atoms with Gasteiger partial charge in [0.05, 0.1) is 11.0 Å². The Morgan fingerprint density at radius 3 is 2.76 bits per heavy atom.